The minimum absolute atomic E-state index is 0.267. The molecule has 1 aliphatic rings. The summed E-state index contributed by atoms with van der Waals surface area (Å²) in [5.41, 5.74) is 1.00. The summed E-state index contributed by atoms with van der Waals surface area (Å²) in [7, 11) is 0. The van der Waals surface area contributed by atoms with E-state index in [1.807, 2.05) is 13.0 Å². The summed E-state index contributed by atoms with van der Waals surface area (Å²) >= 11 is 0. The highest BCUT2D eigenvalue weighted by Crippen LogP contribution is 2.20. The fourth-order valence-electron chi connectivity index (χ4n) is 2.27. The van der Waals surface area contributed by atoms with Crippen LogP contribution in [0.25, 0.3) is 0 Å². The van der Waals surface area contributed by atoms with Crippen LogP contribution in [0.4, 0.5) is 4.39 Å². The molecule has 2 rings (SSSR count). The van der Waals surface area contributed by atoms with Crippen LogP contribution < -0.4 is 10.1 Å². The summed E-state index contributed by atoms with van der Waals surface area (Å²) in [6, 6.07) is 5.75. The molecule has 0 aromatic heterocycles. The molecule has 4 heteroatoms. The van der Waals surface area contributed by atoms with E-state index in [1.165, 1.54) is 0 Å². The van der Waals surface area contributed by atoms with Crippen LogP contribution in [0, 0.1) is 5.82 Å². The van der Waals surface area contributed by atoms with Gasteiger partial charge in [0, 0.05) is 32.2 Å². The summed E-state index contributed by atoms with van der Waals surface area (Å²) in [5, 5.41) is 3.35. The molecule has 18 heavy (non-hydrogen) atoms. The second-order valence-electron chi connectivity index (χ2n) is 4.72. The van der Waals surface area contributed by atoms with Gasteiger partial charge in [0.2, 0.25) is 0 Å². The number of rotatable bonds is 4. The highest BCUT2D eigenvalue weighted by atomic mass is 19.1. The molecular weight excluding hydrogens is 231 g/mol. The van der Waals surface area contributed by atoms with Crippen molar-refractivity contribution >= 4 is 0 Å². The van der Waals surface area contributed by atoms with Crippen molar-refractivity contribution in [3.63, 3.8) is 0 Å². The zero-order valence-corrected chi connectivity index (χ0v) is 11.1. The second kappa shape index (κ2) is 6.16. The minimum atomic E-state index is -0.267. The van der Waals surface area contributed by atoms with Crippen LogP contribution in [-0.4, -0.2) is 37.2 Å². The van der Waals surface area contributed by atoms with Crippen molar-refractivity contribution in [3.05, 3.63) is 29.6 Å². The first-order valence-electron chi connectivity index (χ1n) is 6.56. The largest absolute Gasteiger partial charge is 0.491 e. The average molecular weight is 252 g/mol. The fraction of sp³-hybridized carbons (Fsp3) is 0.571. The summed E-state index contributed by atoms with van der Waals surface area (Å²) in [6.45, 7) is 8.35. The maximum absolute atomic E-state index is 13.7. The van der Waals surface area contributed by atoms with Gasteiger partial charge in [0.1, 0.15) is 0 Å². The molecule has 0 aliphatic carbocycles. The standard InChI is InChI=1S/C14H21FN2O/c1-3-18-14-5-4-12(8-13(14)15)10-17-7-6-16-9-11(17)2/h4-5,8,11,16H,3,6-7,9-10H2,1-2H3/t11-/m1/s1. The van der Waals surface area contributed by atoms with Gasteiger partial charge in [0.15, 0.2) is 11.6 Å². The van der Waals surface area contributed by atoms with E-state index in [0.29, 0.717) is 18.4 Å². The van der Waals surface area contributed by atoms with Gasteiger partial charge < -0.3 is 10.1 Å². The summed E-state index contributed by atoms with van der Waals surface area (Å²) in [4.78, 5) is 2.37. The molecule has 1 N–H and O–H groups in total. The third kappa shape index (κ3) is 3.21. The zero-order valence-electron chi connectivity index (χ0n) is 11.1. The van der Waals surface area contributed by atoms with Crippen LogP contribution in [0.2, 0.25) is 0 Å². The molecule has 1 aromatic rings. The first-order chi connectivity index (χ1) is 8.70. The van der Waals surface area contributed by atoms with E-state index in [2.05, 4.69) is 17.1 Å². The van der Waals surface area contributed by atoms with Gasteiger partial charge in [-0.05, 0) is 31.5 Å². The van der Waals surface area contributed by atoms with E-state index in [1.54, 1.807) is 12.1 Å². The van der Waals surface area contributed by atoms with Gasteiger partial charge in [0.25, 0.3) is 0 Å². The van der Waals surface area contributed by atoms with Gasteiger partial charge in [0.05, 0.1) is 6.61 Å². The second-order valence-corrected chi connectivity index (χ2v) is 4.72. The molecule has 0 amide bonds. The number of hydrogen-bond donors (Lipinski definition) is 1. The van der Waals surface area contributed by atoms with Crippen LogP contribution >= 0.6 is 0 Å². The molecule has 1 heterocycles. The zero-order chi connectivity index (χ0) is 13.0. The number of benzene rings is 1. The van der Waals surface area contributed by atoms with Crippen LogP contribution in [-0.2, 0) is 6.54 Å². The molecule has 1 aliphatic heterocycles. The molecule has 3 nitrogen and oxygen atoms in total. The van der Waals surface area contributed by atoms with Crippen molar-refractivity contribution < 1.29 is 9.13 Å². The molecule has 100 valence electrons. The van der Waals surface area contributed by atoms with Crippen molar-refractivity contribution in [1.29, 1.82) is 0 Å². The molecule has 0 spiro atoms. The lowest BCUT2D eigenvalue weighted by molar-refractivity contribution is 0.165. The van der Waals surface area contributed by atoms with Crippen LogP contribution in [0.1, 0.15) is 19.4 Å². The van der Waals surface area contributed by atoms with Crippen molar-refractivity contribution in [3.8, 4) is 5.75 Å². The monoisotopic (exact) mass is 252 g/mol. The summed E-state index contributed by atoms with van der Waals surface area (Å²) in [5.74, 6) is 0.0757. The summed E-state index contributed by atoms with van der Waals surface area (Å²) < 4.78 is 18.9. The van der Waals surface area contributed by atoms with Crippen molar-refractivity contribution in [1.82, 2.24) is 10.2 Å². The van der Waals surface area contributed by atoms with Gasteiger partial charge in [-0.15, -0.1) is 0 Å². The number of piperazine rings is 1. The Morgan fingerprint density at radius 2 is 2.33 bits per heavy atom. The van der Waals surface area contributed by atoms with Gasteiger partial charge in [-0.3, -0.25) is 4.90 Å². The van der Waals surface area contributed by atoms with E-state index in [0.717, 1.165) is 31.7 Å². The van der Waals surface area contributed by atoms with Gasteiger partial charge in [-0.25, -0.2) is 4.39 Å². The first-order valence-corrected chi connectivity index (χ1v) is 6.56. The first kappa shape index (κ1) is 13.3. The van der Waals surface area contributed by atoms with Gasteiger partial charge in [-0.2, -0.15) is 0 Å². The molecule has 1 atom stereocenters. The van der Waals surface area contributed by atoms with Crippen LogP contribution in [0.3, 0.4) is 0 Å². The lowest BCUT2D eigenvalue weighted by atomic mass is 10.1. The Morgan fingerprint density at radius 3 is 3.00 bits per heavy atom. The van der Waals surface area contributed by atoms with E-state index in [9.17, 15) is 4.39 Å². The van der Waals surface area contributed by atoms with Crippen molar-refractivity contribution in [2.75, 3.05) is 26.2 Å². The maximum atomic E-state index is 13.7. The number of hydrogen-bond acceptors (Lipinski definition) is 3. The van der Waals surface area contributed by atoms with E-state index in [-0.39, 0.29) is 5.82 Å². The number of nitrogens with one attached hydrogen (secondary N) is 1. The summed E-state index contributed by atoms with van der Waals surface area (Å²) in [6.07, 6.45) is 0. The topological polar surface area (TPSA) is 24.5 Å². The van der Waals surface area contributed by atoms with E-state index in [4.69, 9.17) is 4.74 Å². The molecule has 1 saturated heterocycles. The van der Waals surface area contributed by atoms with Crippen LogP contribution in [0.5, 0.6) is 5.75 Å². The smallest absolute Gasteiger partial charge is 0.165 e. The molecule has 0 saturated carbocycles. The lowest BCUT2D eigenvalue weighted by Gasteiger charge is -2.33. The van der Waals surface area contributed by atoms with Crippen molar-refractivity contribution in [2.24, 2.45) is 0 Å². The van der Waals surface area contributed by atoms with Crippen LogP contribution in [0.15, 0.2) is 18.2 Å². The highest BCUT2D eigenvalue weighted by Gasteiger charge is 2.18. The van der Waals surface area contributed by atoms with Gasteiger partial charge in [-0.1, -0.05) is 6.07 Å². The maximum Gasteiger partial charge on any atom is 0.165 e. The molecule has 0 unspecified atom stereocenters. The normalized spacial score (nSPS) is 20.9. The Hall–Kier alpha value is -1.13. The predicted octanol–water partition coefficient (Wildman–Crippen LogP) is 2.02. The highest BCUT2D eigenvalue weighted by molar-refractivity contribution is 5.29. The third-order valence-corrected chi connectivity index (χ3v) is 3.32. The number of halogens is 1. The Balaban J connectivity index is 2.02. The van der Waals surface area contributed by atoms with E-state index < -0.39 is 0 Å². The Morgan fingerprint density at radius 1 is 1.50 bits per heavy atom. The Bertz CT molecular complexity index is 397. The fourth-order valence-corrected chi connectivity index (χ4v) is 2.27. The molecule has 0 bridgehead atoms. The quantitative estimate of drug-likeness (QED) is 0.887. The van der Waals surface area contributed by atoms with Gasteiger partial charge >= 0.3 is 0 Å². The minimum Gasteiger partial charge on any atom is -0.491 e. The SMILES string of the molecule is CCOc1ccc(CN2CCNC[C@H]2C)cc1F. The lowest BCUT2D eigenvalue weighted by Crippen LogP contribution is -2.49. The molecule has 1 aromatic carbocycles. The molecule has 1 fully saturated rings. The molecular formula is C14H21FN2O. The number of nitrogens with zero attached hydrogens (tertiary/aromatic N) is 1. The Labute approximate surface area is 108 Å². The molecule has 0 radical (unpaired) electrons. The average Bonchev–Trinajstić information content (AvgIpc) is 2.36. The van der Waals surface area contributed by atoms with Crippen molar-refractivity contribution in [2.45, 2.75) is 26.4 Å². The third-order valence-electron chi connectivity index (χ3n) is 3.32. The number of ether oxygens (including phenoxy) is 1. The Kier molecular flexibility index (Phi) is 4.55. The predicted molar refractivity (Wildman–Crippen MR) is 70.3 cm³/mol. The van der Waals surface area contributed by atoms with E-state index >= 15 is 0 Å².